The van der Waals surface area contributed by atoms with E-state index in [0.29, 0.717) is 12.1 Å². The molecule has 0 radical (unpaired) electrons. The molecule has 0 saturated carbocycles. The Kier molecular flexibility index (Phi) is 4.32. The van der Waals surface area contributed by atoms with Gasteiger partial charge >= 0.3 is 0 Å². The summed E-state index contributed by atoms with van der Waals surface area (Å²) in [5, 5.41) is 14.2. The Balaban J connectivity index is 2.12. The maximum absolute atomic E-state index is 10.9. The number of anilines is 1. The average Bonchev–Trinajstić information content (AvgIpc) is 2.86. The second kappa shape index (κ2) is 5.85. The van der Waals surface area contributed by atoms with Gasteiger partial charge in [-0.3, -0.25) is 10.1 Å². The van der Waals surface area contributed by atoms with Crippen LogP contribution in [0.2, 0.25) is 0 Å². The lowest BCUT2D eigenvalue weighted by Gasteiger charge is -2.15. The lowest BCUT2D eigenvalue weighted by molar-refractivity contribution is -0.385. The molecule has 1 aromatic heterocycles. The largest absolute Gasteiger partial charge is 0.380 e. The van der Waals surface area contributed by atoms with E-state index in [1.165, 1.54) is 15.8 Å². The maximum Gasteiger partial charge on any atom is 0.274 e. The molecule has 0 unspecified atom stereocenters. The van der Waals surface area contributed by atoms with Crippen LogP contribution in [0.25, 0.3) is 0 Å². The molecule has 4 nitrogen and oxygen atoms in total. The number of nitrogens with one attached hydrogen (secondary N) is 1. The Morgan fingerprint density at radius 1 is 1.24 bits per heavy atom. The second-order valence-electron chi connectivity index (χ2n) is 6.08. The van der Waals surface area contributed by atoms with E-state index in [9.17, 15) is 10.1 Å². The summed E-state index contributed by atoms with van der Waals surface area (Å²) >= 11 is 1.78. The number of nitrogens with zero attached hydrogens (tertiary/aromatic N) is 1. The molecule has 0 saturated heterocycles. The fourth-order valence-electron chi connectivity index (χ4n) is 2.07. The molecule has 0 amide bonds. The predicted octanol–water partition coefficient (Wildman–Crippen LogP) is 4.87. The maximum atomic E-state index is 10.9. The van der Waals surface area contributed by atoms with Gasteiger partial charge in [0.25, 0.3) is 5.69 Å². The summed E-state index contributed by atoms with van der Waals surface area (Å²) in [6.07, 6.45) is 0. The van der Waals surface area contributed by atoms with Crippen LogP contribution >= 0.6 is 11.3 Å². The minimum atomic E-state index is -0.344. The van der Waals surface area contributed by atoms with Crippen LogP contribution in [-0.2, 0) is 12.0 Å². The molecule has 1 N–H and O–H groups in total. The average molecular weight is 304 g/mol. The quantitative estimate of drug-likeness (QED) is 0.647. The van der Waals surface area contributed by atoms with E-state index in [-0.39, 0.29) is 16.0 Å². The third kappa shape index (κ3) is 3.61. The first-order valence-corrected chi connectivity index (χ1v) is 7.68. The van der Waals surface area contributed by atoms with Crippen molar-refractivity contribution >= 4 is 22.7 Å². The lowest BCUT2D eigenvalue weighted by atomic mass is 9.95. The minimum Gasteiger partial charge on any atom is -0.380 e. The van der Waals surface area contributed by atoms with Gasteiger partial charge in [-0.25, -0.2) is 0 Å². The Bertz CT molecular complexity index is 657. The number of thiophene rings is 1. The van der Waals surface area contributed by atoms with E-state index in [2.05, 4.69) is 38.2 Å². The standard InChI is InChI=1S/C16H20N2O2S/c1-11-13(6-5-7-14(11)18(19)20)17-10-12-8-9-15(21-12)16(2,3)4/h5-9,17H,10H2,1-4H3. The first-order chi connectivity index (χ1) is 9.79. The lowest BCUT2D eigenvalue weighted by Crippen LogP contribution is -2.07. The van der Waals surface area contributed by atoms with Crippen molar-refractivity contribution < 1.29 is 4.92 Å². The van der Waals surface area contributed by atoms with Crippen molar-refractivity contribution in [2.24, 2.45) is 0 Å². The number of benzene rings is 1. The third-order valence-electron chi connectivity index (χ3n) is 3.36. The monoisotopic (exact) mass is 304 g/mol. The van der Waals surface area contributed by atoms with Gasteiger partial charge in [0.2, 0.25) is 0 Å². The van der Waals surface area contributed by atoms with E-state index in [1.807, 2.05) is 6.07 Å². The molecular formula is C16H20N2O2S. The van der Waals surface area contributed by atoms with Gasteiger partial charge in [-0.1, -0.05) is 26.8 Å². The summed E-state index contributed by atoms with van der Waals surface area (Å²) in [5.74, 6) is 0. The summed E-state index contributed by atoms with van der Waals surface area (Å²) in [7, 11) is 0. The van der Waals surface area contributed by atoms with Crippen LogP contribution in [0.3, 0.4) is 0 Å². The molecule has 0 aliphatic heterocycles. The molecule has 5 heteroatoms. The van der Waals surface area contributed by atoms with E-state index in [1.54, 1.807) is 24.3 Å². The van der Waals surface area contributed by atoms with Gasteiger partial charge < -0.3 is 5.32 Å². The Morgan fingerprint density at radius 3 is 2.52 bits per heavy atom. The highest BCUT2D eigenvalue weighted by atomic mass is 32.1. The molecule has 0 aliphatic carbocycles. The highest BCUT2D eigenvalue weighted by Gasteiger charge is 2.16. The van der Waals surface area contributed by atoms with Crippen molar-refractivity contribution in [3.8, 4) is 0 Å². The van der Waals surface area contributed by atoms with Crippen molar-refractivity contribution in [3.05, 3.63) is 55.8 Å². The first kappa shape index (κ1) is 15.5. The van der Waals surface area contributed by atoms with Gasteiger partial charge in [0, 0.05) is 33.6 Å². The van der Waals surface area contributed by atoms with E-state index in [0.717, 1.165) is 5.69 Å². The summed E-state index contributed by atoms with van der Waals surface area (Å²) < 4.78 is 0. The smallest absolute Gasteiger partial charge is 0.274 e. The zero-order chi connectivity index (χ0) is 15.6. The first-order valence-electron chi connectivity index (χ1n) is 6.86. The number of rotatable bonds is 4. The molecule has 112 valence electrons. The van der Waals surface area contributed by atoms with Gasteiger partial charge in [-0.05, 0) is 30.5 Å². The molecule has 1 heterocycles. The van der Waals surface area contributed by atoms with Gasteiger partial charge in [0.05, 0.1) is 4.92 Å². The summed E-state index contributed by atoms with van der Waals surface area (Å²) in [6.45, 7) is 9.04. The van der Waals surface area contributed by atoms with Gasteiger partial charge in [0.1, 0.15) is 0 Å². The summed E-state index contributed by atoms with van der Waals surface area (Å²) in [6, 6.07) is 9.39. The topological polar surface area (TPSA) is 55.2 Å². The van der Waals surface area contributed by atoms with E-state index >= 15 is 0 Å². The normalized spacial score (nSPS) is 11.4. The highest BCUT2D eigenvalue weighted by molar-refractivity contribution is 7.12. The van der Waals surface area contributed by atoms with Gasteiger partial charge in [-0.2, -0.15) is 0 Å². The molecule has 2 aromatic rings. The highest BCUT2D eigenvalue weighted by Crippen LogP contribution is 2.30. The van der Waals surface area contributed by atoms with Crippen molar-refractivity contribution in [1.82, 2.24) is 0 Å². The van der Waals surface area contributed by atoms with Crippen LogP contribution in [0.4, 0.5) is 11.4 Å². The summed E-state index contributed by atoms with van der Waals surface area (Å²) in [4.78, 5) is 13.2. The van der Waals surface area contributed by atoms with Crippen molar-refractivity contribution in [3.63, 3.8) is 0 Å². The minimum absolute atomic E-state index is 0.154. The van der Waals surface area contributed by atoms with Crippen LogP contribution in [0, 0.1) is 17.0 Å². The fourth-order valence-corrected chi connectivity index (χ4v) is 3.08. The van der Waals surface area contributed by atoms with Crippen LogP contribution in [0.1, 0.15) is 36.1 Å². The molecule has 0 atom stereocenters. The molecule has 0 aliphatic rings. The Labute approximate surface area is 129 Å². The van der Waals surface area contributed by atoms with E-state index in [4.69, 9.17) is 0 Å². The van der Waals surface area contributed by atoms with Crippen LogP contribution in [-0.4, -0.2) is 4.92 Å². The molecule has 0 bridgehead atoms. The Morgan fingerprint density at radius 2 is 1.95 bits per heavy atom. The van der Waals surface area contributed by atoms with Crippen molar-refractivity contribution in [2.75, 3.05) is 5.32 Å². The number of nitro benzene ring substituents is 1. The van der Waals surface area contributed by atoms with Gasteiger partial charge in [-0.15, -0.1) is 11.3 Å². The zero-order valence-electron chi connectivity index (χ0n) is 12.8. The van der Waals surface area contributed by atoms with E-state index < -0.39 is 0 Å². The van der Waals surface area contributed by atoms with Crippen LogP contribution in [0.15, 0.2) is 30.3 Å². The van der Waals surface area contributed by atoms with Crippen LogP contribution in [0.5, 0.6) is 0 Å². The molecule has 2 rings (SSSR count). The molecular weight excluding hydrogens is 284 g/mol. The van der Waals surface area contributed by atoms with Gasteiger partial charge in [0.15, 0.2) is 0 Å². The fraction of sp³-hybridized carbons (Fsp3) is 0.375. The van der Waals surface area contributed by atoms with Crippen molar-refractivity contribution in [2.45, 2.75) is 39.7 Å². The Hall–Kier alpha value is -1.88. The number of hydrogen-bond acceptors (Lipinski definition) is 4. The third-order valence-corrected chi connectivity index (χ3v) is 4.87. The van der Waals surface area contributed by atoms with Crippen LogP contribution < -0.4 is 5.32 Å². The number of hydrogen-bond donors (Lipinski definition) is 1. The SMILES string of the molecule is Cc1c(NCc2ccc(C(C)(C)C)s2)cccc1[N+](=O)[O-]. The van der Waals surface area contributed by atoms with Crippen molar-refractivity contribution in [1.29, 1.82) is 0 Å². The second-order valence-corrected chi connectivity index (χ2v) is 7.24. The number of nitro groups is 1. The zero-order valence-corrected chi connectivity index (χ0v) is 13.6. The predicted molar refractivity (Wildman–Crippen MR) is 88.2 cm³/mol. The molecule has 21 heavy (non-hydrogen) atoms. The molecule has 1 aromatic carbocycles. The molecule has 0 fully saturated rings. The molecule has 0 spiro atoms. The summed E-state index contributed by atoms with van der Waals surface area (Å²) in [5.41, 5.74) is 1.80.